The van der Waals surface area contributed by atoms with Crippen molar-refractivity contribution in [3.05, 3.63) is 131 Å². The summed E-state index contributed by atoms with van der Waals surface area (Å²) < 4.78 is 35.6. The van der Waals surface area contributed by atoms with Crippen LogP contribution in [0.15, 0.2) is 109 Å². The van der Waals surface area contributed by atoms with Crippen LogP contribution in [0.25, 0.3) is 11.1 Å². The molecule has 0 bridgehead atoms. The highest BCUT2D eigenvalue weighted by molar-refractivity contribution is 5.87. The van der Waals surface area contributed by atoms with Crippen molar-refractivity contribution in [1.82, 2.24) is 4.90 Å². The summed E-state index contributed by atoms with van der Waals surface area (Å²) in [5.74, 6) is -3.69. The average molecular weight is 509 g/mol. The Bertz CT molecular complexity index is 1490. The Kier molecular flexibility index (Phi) is 6.11. The van der Waals surface area contributed by atoms with Gasteiger partial charge in [-0.05, 0) is 40.2 Å². The second kappa shape index (κ2) is 10.6. The van der Waals surface area contributed by atoms with Gasteiger partial charge in [0.1, 0.15) is 6.04 Å². The summed E-state index contributed by atoms with van der Waals surface area (Å²) in [6.45, 7) is -2.75. The molecule has 1 aliphatic carbocycles. The van der Waals surface area contributed by atoms with E-state index in [1.165, 1.54) is 7.11 Å². The van der Waals surface area contributed by atoms with Crippen molar-refractivity contribution in [2.75, 3.05) is 14.2 Å². The number of esters is 2. The van der Waals surface area contributed by atoms with Gasteiger partial charge in [0.2, 0.25) is 0 Å². The molecule has 0 unspecified atom stereocenters. The minimum Gasteiger partial charge on any atom is -0.469 e. The molecular weight excluding hydrogens is 474 g/mol. The fourth-order valence-electron chi connectivity index (χ4n) is 5.70. The SMILES string of the molecule is [2H]C([2H])([2H])[C@@H](C(=O)OC)[C@@H](C(=O)OC)N(Cc1ccccc1)C1(c2ccccc2)c2ccccc2-c2ccccc21. The normalized spacial score (nSPS) is 16.2. The molecule has 1 aliphatic rings. The molecule has 5 heteroatoms. The molecule has 0 saturated heterocycles. The van der Waals surface area contributed by atoms with Gasteiger partial charge in [-0.3, -0.25) is 14.5 Å². The van der Waals surface area contributed by atoms with Gasteiger partial charge in [0.15, 0.2) is 0 Å². The zero-order chi connectivity index (χ0) is 29.2. The summed E-state index contributed by atoms with van der Waals surface area (Å²) in [6.07, 6.45) is 0. The van der Waals surface area contributed by atoms with E-state index in [4.69, 9.17) is 13.6 Å². The standard InChI is InChI=1S/C33H31NO4/c1-23(31(35)37-2)30(32(36)38-3)34(22-24-14-6-4-7-15-24)33(25-16-8-5-9-17-25)28-20-12-10-18-26(28)27-19-11-13-21-29(27)33/h4-21,23,30H,22H2,1-3H3/t23-,30+/m1/s1/i1D3. The number of carbonyl (C=O) groups excluding carboxylic acids is 2. The maximum absolute atomic E-state index is 13.9. The van der Waals surface area contributed by atoms with E-state index in [-0.39, 0.29) is 6.54 Å². The third-order valence-electron chi connectivity index (χ3n) is 7.29. The fourth-order valence-corrected chi connectivity index (χ4v) is 5.70. The molecule has 0 heterocycles. The lowest BCUT2D eigenvalue weighted by Crippen LogP contribution is -2.58. The van der Waals surface area contributed by atoms with Crippen LogP contribution in [0, 0.1) is 5.92 Å². The van der Waals surface area contributed by atoms with Crippen LogP contribution in [0.1, 0.15) is 33.2 Å². The molecule has 2 atom stereocenters. The van der Waals surface area contributed by atoms with Crippen LogP contribution in [0.3, 0.4) is 0 Å². The van der Waals surface area contributed by atoms with Gasteiger partial charge in [-0.1, -0.05) is 109 Å². The Morgan fingerprint density at radius 3 is 1.76 bits per heavy atom. The molecule has 0 aromatic heterocycles. The topological polar surface area (TPSA) is 55.8 Å². The van der Waals surface area contributed by atoms with E-state index < -0.39 is 36.3 Å². The maximum atomic E-state index is 13.9. The molecule has 5 rings (SSSR count). The van der Waals surface area contributed by atoms with Gasteiger partial charge in [0.05, 0.1) is 25.7 Å². The smallest absolute Gasteiger partial charge is 0.324 e. The second-order valence-corrected chi connectivity index (χ2v) is 9.25. The molecule has 4 aromatic rings. The molecule has 38 heavy (non-hydrogen) atoms. The van der Waals surface area contributed by atoms with Crippen LogP contribution in [0.4, 0.5) is 0 Å². The Balaban J connectivity index is 1.93. The van der Waals surface area contributed by atoms with Gasteiger partial charge < -0.3 is 9.47 Å². The number of ether oxygens (including phenoxy) is 2. The van der Waals surface area contributed by atoms with Crippen molar-refractivity contribution in [2.45, 2.75) is 25.0 Å². The minimum atomic E-state index is -2.88. The zero-order valence-electron chi connectivity index (χ0n) is 24.3. The van der Waals surface area contributed by atoms with Gasteiger partial charge in [0, 0.05) is 10.7 Å². The fraction of sp³-hybridized carbons (Fsp3) is 0.212. The van der Waals surface area contributed by atoms with Gasteiger partial charge in [-0.2, -0.15) is 0 Å². The lowest BCUT2D eigenvalue weighted by atomic mass is 9.76. The van der Waals surface area contributed by atoms with Crippen molar-refractivity contribution in [1.29, 1.82) is 0 Å². The molecule has 4 aromatic carbocycles. The first-order chi connectivity index (χ1) is 19.7. The first kappa shape index (κ1) is 21.8. The Morgan fingerprint density at radius 2 is 1.24 bits per heavy atom. The Labute approximate surface area is 227 Å². The van der Waals surface area contributed by atoms with E-state index in [1.54, 1.807) is 0 Å². The van der Waals surface area contributed by atoms with E-state index >= 15 is 0 Å². The summed E-state index contributed by atoms with van der Waals surface area (Å²) in [4.78, 5) is 29.0. The van der Waals surface area contributed by atoms with Crippen LogP contribution in [0.5, 0.6) is 0 Å². The number of benzene rings is 4. The van der Waals surface area contributed by atoms with Crippen molar-refractivity contribution in [3.8, 4) is 11.1 Å². The van der Waals surface area contributed by atoms with Gasteiger partial charge in [-0.15, -0.1) is 0 Å². The third kappa shape index (κ3) is 4.09. The lowest BCUT2D eigenvalue weighted by Gasteiger charge is -2.47. The highest BCUT2D eigenvalue weighted by Crippen LogP contribution is 2.55. The van der Waals surface area contributed by atoms with Crippen molar-refractivity contribution >= 4 is 11.9 Å². The predicted octanol–water partition coefficient (Wildman–Crippen LogP) is 5.81. The second-order valence-electron chi connectivity index (χ2n) is 9.25. The highest BCUT2D eigenvalue weighted by atomic mass is 16.5. The van der Waals surface area contributed by atoms with Gasteiger partial charge >= 0.3 is 11.9 Å². The largest absolute Gasteiger partial charge is 0.469 e. The van der Waals surface area contributed by atoms with Crippen LogP contribution in [-0.2, 0) is 31.1 Å². The molecule has 192 valence electrons. The predicted molar refractivity (Wildman–Crippen MR) is 147 cm³/mol. The van der Waals surface area contributed by atoms with E-state index in [9.17, 15) is 9.59 Å². The van der Waals surface area contributed by atoms with E-state index in [0.717, 1.165) is 40.5 Å². The molecule has 0 saturated carbocycles. The quantitative estimate of drug-likeness (QED) is 0.281. The third-order valence-corrected chi connectivity index (χ3v) is 7.29. The van der Waals surface area contributed by atoms with Crippen LogP contribution in [0.2, 0.25) is 0 Å². The summed E-state index contributed by atoms with van der Waals surface area (Å²) in [7, 11) is 2.33. The monoisotopic (exact) mass is 508 g/mol. The van der Waals surface area contributed by atoms with Crippen molar-refractivity contribution < 1.29 is 23.2 Å². The minimum absolute atomic E-state index is 0.127. The van der Waals surface area contributed by atoms with E-state index in [0.29, 0.717) is 0 Å². The van der Waals surface area contributed by atoms with E-state index in [1.807, 2.05) is 114 Å². The van der Waals surface area contributed by atoms with Crippen LogP contribution in [-0.4, -0.2) is 37.1 Å². The van der Waals surface area contributed by atoms with Gasteiger partial charge in [0.25, 0.3) is 0 Å². The Morgan fingerprint density at radius 1 is 0.737 bits per heavy atom. The number of rotatable bonds is 8. The number of nitrogens with zero attached hydrogens (tertiary/aromatic N) is 1. The first-order valence-corrected chi connectivity index (χ1v) is 12.5. The molecule has 0 amide bonds. The number of carbonyl (C=O) groups is 2. The zero-order valence-corrected chi connectivity index (χ0v) is 21.3. The highest BCUT2D eigenvalue weighted by Gasteiger charge is 2.54. The molecule has 5 nitrogen and oxygen atoms in total. The summed E-state index contributed by atoms with van der Waals surface area (Å²) in [5.41, 5.74) is 4.12. The molecule has 0 aliphatic heterocycles. The van der Waals surface area contributed by atoms with E-state index in [2.05, 4.69) is 0 Å². The molecule has 0 spiro atoms. The van der Waals surface area contributed by atoms with Crippen molar-refractivity contribution in [3.63, 3.8) is 0 Å². The number of hydrogen-bond donors (Lipinski definition) is 0. The van der Waals surface area contributed by atoms with Gasteiger partial charge in [-0.25, -0.2) is 0 Å². The van der Waals surface area contributed by atoms with Crippen LogP contribution >= 0.6 is 0 Å². The summed E-state index contributed by atoms with van der Waals surface area (Å²) in [5, 5.41) is 0. The lowest BCUT2D eigenvalue weighted by molar-refractivity contribution is -0.161. The first-order valence-electron chi connectivity index (χ1n) is 14.0. The van der Waals surface area contributed by atoms with Crippen molar-refractivity contribution in [2.24, 2.45) is 5.92 Å². The van der Waals surface area contributed by atoms with Crippen LogP contribution < -0.4 is 0 Å². The Hall–Kier alpha value is -4.22. The molecule has 0 N–H and O–H groups in total. The average Bonchev–Trinajstić information content (AvgIpc) is 3.29. The number of hydrogen-bond acceptors (Lipinski definition) is 5. The molecule has 0 radical (unpaired) electrons. The summed E-state index contributed by atoms with van der Waals surface area (Å²) in [6, 6.07) is 33.4. The molecule has 0 fully saturated rings. The maximum Gasteiger partial charge on any atom is 0.324 e. The number of fused-ring (bicyclic) bond motifs is 3. The summed E-state index contributed by atoms with van der Waals surface area (Å²) >= 11 is 0. The number of methoxy groups -OCH3 is 2. The molecular formula is C33H31NO4.